The van der Waals surface area contributed by atoms with Gasteiger partial charge in [-0.25, -0.2) is 9.59 Å². The Morgan fingerprint density at radius 1 is 1.29 bits per heavy atom. The third-order valence-electron chi connectivity index (χ3n) is 3.31. The fraction of sp³-hybridized carbons (Fsp3) is 0.467. The molecule has 1 saturated heterocycles. The maximum Gasteiger partial charge on any atom is 0.407 e. The summed E-state index contributed by atoms with van der Waals surface area (Å²) < 4.78 is 10.5. The van der Waals surface area contributed by atoms with Crippen LogP contribution in [0.25, 0.3) is 0 Å². The van der Waals surface area contributed by atoms with Crippen LogP contribution in [0.4, 0.5) is 4.79 Å². The van der Waals surface area contributed by atoms with Gasteiger partial charge in [-0.05, 0) is 24.8 Å². The number of carbonyl (C=O) groups is 2. The van der Waals surface area contributed by atoms with Crippen LogP contribution in [-0.2, 0) is 20.9 Å². The SMILES string of the molecule is O=C(NC[C@@H]1CCC[C@@H](C(=O)O)O1)OCc1ccccc1. The molecule has 1 amide bonds. The van der Waals surface area contributed by atoms with Crippen molar-refractivity contribution in [2.24, 2.45) is 0 Å². The van der Waals surface area contributed by atoms with Gasteiger partial charge in [0.1, 0.15) is 6.61 Å². The molecule has 1 aliphatic heterocycles. The molecule has 0 aromatic heterocycles. The summed E-state index contributed by atoms with van der Waals surface area (Å²) in [6.45, 7) is 0.466. The van der Waals surface area contributed by atoms with Crippen LogP contribution in [0.3, 0.4) is 0 Å². The Labute approximate surface area is 123 Å². The third kappa shape index (κ3) is 5.07. The molecular weight excluding hydrogens is 274 g/mol. The van der Waals surface area contributed by atoms with E-state index >= 15 is 0 Å². The van der Waals surface area contributed by atoms with E-state index in [4.69, 9.17) is 14.6 Å². The van der Waals surface area contributed by atoms with Gasteiger partial charge in [0.05, 0.1) is 6.10 Å². The fourth-order valence-corrected chi connectivity index (χ4v) is 2.20. The molecule has 2 rings (SSSR count). The predicted molar refractivity (Wildman–Crippen MR) is 74.8 cm³/mol. The van der Waals surface area contributed by atoms with Crippen LogP contribution in [0.15, 0.2) is 30.3 Å². The highest BCUT2D eigenvalue weighted by atomic mass is 16.6. The largest absolute Gasteiger partial charge is 0.479 e. The number of nitrogens with one attached hydrogen (secondary N) is 1. The maximum atomic E-state index is 11.6. The summed E-state index contributed by atoms with van der Waals surface area (Å²) in [4.78, 5) is 22.4. The molecule has 0 spiro atoms. The Kier molecular flexibility index (Phi) is 5.57. The number of benzene rings is 1. The molecule has 1 fully saturated rings. The van der Waals surface area contributed by atoms with Crippen molar-refractivity contribution >= 4 is 12.1 Å². The van der Waals surface area contributed by atoms with E-state index in [0.717, 1.165) is 18.4 Å². The van der Waals surface area contributed by atoms with Gasteiger partial charge in [-0.2, -0.15) is 0 Å². The predicted octanol–water partition coefficient (Wildman–Crippen LogP) is 1.94. The van der Waals surface area contributed by atoms with Gasteiger partial charge in [-0.3, -0.25) is 0 Å². The van der Waals surface area contributed by atoms with Crippen molar-refractivity contribution in [2.45, 2.75) is 38.1 Å². The molecule has 2 atom stereocenters. The van der Waals surface area contributed by atoms with Gasteiger partial charge >= 0.3 is 12.1 Å². The summed E-state index contributed by atoms with van der Waals surface area (Å²) >= 11 is 0. The summed E-state index contributed by atoms with van der Waals surface area (Å²) in [6.07, 6.45) is 0.463. The minimum absolute atomic E-state index is 0.204. The van der Waals surface area contributed by atoms with Crippen molar-refractivity contribution < 1.29 is 24.2 Å². The number of ether oxygens (including phenoxy) is 2. The Hall–Kier alpha value is -2.08. The molecule has 2 N–H and O–H groups in total. The van der Waals surface area contributed by atoms with E-state index in [1.54, 1.807) is 0 Å². The second-order valence-corrected chi connectivity index (χ2v) is 4.96. The molecule has 6 heteroatoms. The summed E-state index contributed by atoms with van der Waals surface area (Å²) in [5.41, 5.74) is 0.910. The van der Waals surface area contributed by atoms with E-state index in [9.17, 15) is 9.59 Å². The number of amides is 1. The molecular formula is C15H19NO5. The average Bonchev–Trinajstić information content (AvgIpc) is 2.52. The molecule has 6 nitrogen and oxygen atoms in total. The van der Waals surface area contributed by atoms with E-state index in [-0.39, 0.29) is 19.3 Å². The first-order valence-electron chi connectivity index (χ1n) is 6.98. The van der Waals surface area contributed by atoms with Gasteiger partial charge in [0, 0.05) is 6.54 Å². The molecule has 1 heterocycles. The standard InChI is InChI=1S/C15H19NO5/c17-14(18)13-8-4-7-12(21-13)9-16-15(19)20-10-11-5-2-1-3-6-11/h1-3,5-6,12-13H,4,7-10H2,(H,16,19)(H,17,18)/t12-,13-/m0/s1. The number of hydrogen-bond acceptors (Lipinski definition) is 4. The lowest BCUT2D eigenvalue weighted by Gasteiger charge is -2.27. The molecule has 1 aromatic rings. The smallest absolute Gasteiger partial charge is 0.407 e. The van der Waals surface area contributed by atoms with Gasteiger partial charge in [-0.15, -0.1) is 0 Å². The molecule has 0 radical (unpaired) electrons. The minimum Gasteiger partial charge on any atom is -0.479 e. The Morgan fingerprint density at radius 2 is 2.05 bits per heavy atom. The topological polar surface area (TPSA) is 84.9 Å². The van der Waals surface area contributed by atoms with Crippen molar-refractivity contribution in [2.75, 3.05) is 6.54 Å². The number of hydrogen-bond donors (Lipinski definition) is 2. The van der Waals surface area contributed by atoms with Gasteiger partial charge in [0.15, 0.2) is 6.10 Å². The third-order valence-corrected chi connectivity index (χ3v) is 3.31. The maximum absolute atomic E-state index is 11.6. The van der Waals surface area contributed by atoms with Gasteiger partial charge < -0.3 is 19.9 Å². The summed E-state index contributed by atoms with van der Waals surface area (Å²) in [5, 5.41) is 11.5. The van der Waals surface area contributed by atoms with E-state index in [2.05, 4.69) is 5.32 Å². The zero-order valence-corrected chi connectivity index (χ0v) is 11.7. The van der Waals surface area contributed by atoms with E-state index in [1.807, 2.05) is 30.3 Å². The van der Waals surface area contributed by atoms with Crippen LogP contribution in [0, 0.1) is 0 Å². The second kappa shape index (κ2) is 7.64. The van der Waals surface area contributed by atoms with Crippen LogP contribution in [0.5, 0.6) is 0 Å². The molecule has 1 aromatic carbocycles. The first kappa shape index (κ1) is 15.3. The molecule has 21 heavy (non-hydrogen) atoms. The molecule has 1 aliphatic rings. The van der Waals surface area contributed by atoms with E-state index in [0.29, 0.717) is 6.42 Å². The first-order chi connectivity index (χ1) is 10.1. The number of carboxylic acid groups (broad SMARTS) is 1. The number of carboxylic acids is 1. The summed E-state index contributed by atoms with van der Waals surface area (Å²) in [5.74, 6) is -0.952. The van der Waals surface area contributed by atoms with Crippen LogP contribution in [0.1, 0.15) is 24.8 Å². The molecule has 0 unspecified atom stereocenters. The van der Waals surface area contributed by atoms with Crippen molar-refractivity contribution in [3.63, 3.8) is 0 Å². The zero-order chi connectivity index (χ0) is 15.1. The Balaban J connectivity index is 1.68. The lowest BCUT2D eigenvalue weighted by atomic mass is 10.0. The molecule has 0 saturated carbocycles. The van der Waals surface area contributed by atoms with Crippen molar-refractivity contribution in [3.8, 4) is 0 Å². The van der Waals surface area contributed by atoms with E-state index < -0.39 is 18.2 Å². The van der Waals surface area contributed by atoms with Crippen molar-refractivity contribution in [1.29, 1.82) is 0 Å². The number of alkyl carbamates (subject to hydrolysis) is 1. The Morgan fingerprint density at radius 3 is 2.76 bits per heavy atom. The number of carbonyl (C=O) groups excluding carboxylic acids is 1. The number of aliphatic carboxylic acids is 1. The molecule has 0 bridgehead atoms. The quantitative estimate of drug-likeness (QED) is 0.866. The van der Waals surface area contributed by atoms with Crippen molar-refractivity contribution in [3.05, 3.63) is 35.9 Å². The normalized spacial score (nSPS) is 21.5. The fourth-order valence-electron chi connectivity index (χ4n) is 2.20. The summed E-state index contributed by atoms with van der Waals surface area (Å²) in [6, 6.07) is 9.38. The van der Waals surface area contributed by atoms with Crippen molar-refractivity contribution in [1.82, 2.24) is 5.32 Å². The van der Waals surface area contributed by atoms with E-state index in [1.165, 1.54) is 0 Å². The monoisotopic (exact) mass is 293 g/mol. The van der Waals surface area contributed by atoms with Crippen LogP contribution >= 0.6 is 0 Å². The zero-order valence-electron chi connectivity index (χ0n) is 11.7. The second-order valence-electron chi connectivity index (χ2n) is 4.96. The van der Waals surface area contributed by atoms with Crippen LogP contribution in [0.2, 0.25) is 0 Å². The molecule has 0 aliphatic carbocycles. The van der Waals surface area contributed by atoms with Gasteiger partial charge in [0.25, 0.3) is 0 Å². The lowest BCUT2D eigenvalue weighted by Crippen LogP contribution is -2.40. The highest BCUT2D eigenvalue weighted by molar-refractivity contribution is 5.72. The number of rotatable bonds is 5. The molecule has 114 valence electrons. The van der Waals surface area contributed by atoms with Crippen LogP contribution in [-0.4, -0.2) is 35.9 Å². The lowest BCUT2D eigenvalue weighted by molar-refractivity contribution is -0.158. The highest BCUT2D eigenvalue weighted by Gasteiger charge is 2.27. The highest BCUT2D eigenvalue weighted by Crippen LogP contribution is 2.18. The van der Waals surface area contributed by atoms with Gasteiger partial charge in [-0.1, -0.05) is 30.3 Å². The average molecular weight is 293 g/mol. The minimum atomic E-state index is -0.952. The van der Waals surface area contributed by atoms with Crippen LogP contribution < -0.4 is 5.32 Å². The first-order valence-corrected chi connectivity index (χ1v) is 6.98. The Bertz CT molecular complexity index is 476. The van der Waals surface area contributed by atoms with Gasteiger partial charge in [0.2, 0.25) is 0 Å². The summed E-state index contributed by atoms with van der Waals surface area (Å²) in [7, 11) is 0.